The maximum Gasteiger partial charge on any atom is 0.133 e. The maximum atomic E-state index is 13.0. The van der Waals surface area contributed by atoms with E-state index in [4.69, 9.17) is 5.73 Å². The molecule has 3 heteroatoms. The number of hydrogen-bond acceptors (Lipinski definition) is 2. The Morgan fingerprint density at radius 2 is 2.18 bits per heavy atom. The summed E-state index contributed by atoms with van der Waals surface area (Å²) >= 11 is 1.46. The van der Waals surface area contributed by atoms with Crippen molar-refractivity contribution in [3.8, 4) is 0 Å². The summed E-state index contributed by atoms with van der Waals surface area (Å²) in [6, 6.07) is 4.97. The van der Waals surface area contributed by atoms with Crippen LogP contribution in [0.15, 0.2) is 23.6 Å². The fourth-order valence-electron chi connectivity index (χ4n) is 1.07. The van der Waals surface area contributed by atoms with Crippen LogP contribution in [0.2, 0.25) is 0 Å². The van der Waals surface area contributed by atoms with Crippen molar-refractivity contribution in [3.05, 3.63) is 29.4 Å². The molecule has 0 saturated carbocycles. The van der Waals surface area contributed by atoms with E-state index < -0.39 is 0 Å². The zero-order valence-corrected chi connectivity index (χ0v) is 6.49. The maximum absolute atomic E-state index is 13.0. The summed E-state index contributed by atoms with van der Waals surface area (Å²) in [5.41, 5.74) is 6.08. The normalized spacial score (nSPS) is 10.6. The molecule has 0 amide bonds. The first-order valence-corrected chi connectivity index (χ1v) is 4.08. The molecule has 0 bridgehead atoms. The SMILES string of the molecule is Nc1csc2cccc(F)c12. The first kappa shape index (κ1) is 6.61. The zero-order valence-electron chi connectivity index (χ0n) is 5.67. The van der Waals surface area contributed by atoms with Gasteiger partial charge in [0.05, 0.1) is 11.1 Å². The number of hydrogen-bond donors (Lipinski definition) is 1. The lowest BCUT2D eigenvalue weighted by Gasteiger charge is -1.91. The van der Waals surface area contributed by atoms with Gasteiger partial charge in [-0.1, -0.05) is 6.07 Å². The molecule has 0 spiro atoms. The lowest BCUT2D eigenvalue weighted by Crippen LogP contribution is -1.82. The minimum atomic E-state index is -0.235. The molecule has 11 heavy (non-hydrogen) atoms. The first-order chi connectivity index (χ1) is 5.29. The molecule has 0 radical (unpaired) electrons. The molecule has 56 valence electrons. The Kier molecular flexibility index (Phi) is 1.32. The van der Waals surface area contributed by atoms with Crippen molar-refractivity contribution in [1.29, 1.82) is 0 Å². The van der Waals surface area contributed by atoms with E-state index >= 15 is 0 Å². The van der Waals surface area contributed by atoms with Gasteiger partial charge in [-0.25, -0.2) is 4.39 Å². The first-order valence-electron chi connectivity index (χ1n) is 3.20. The van der Waals surface area contributed by atoms with E-state index in [1.165, 1.54) is 17.4 Å². The van der Waals surface area contributed by atoms with E-state index in [9.17, 15) is 4.39 Å². The van der Waals surface area contributed by atoms with Crippen molar-refractivity contribution in [1.82, 2.24) is 0 Å². The van der Waals surface area contributed by atoms with Gasteiger partial charge in [-0.3, -0.25) is 0 Å². The predicted molar refractivity (Wildman–Crippen MR) is 46.2 cm³/mol. The number of anilines is 1. The molecule has 0 aliphatic rings. The smallest absolute Gasteiger partial charge is 0.133 e. The average molecular weight is 167 g/mol. The second kappa shape index (κ2) is 2.20. The molecule has 2 rings (SSSR count). The fourth-order valence-corrected chi connectivity index (χ4v) is 1.93. The average Bonchev–Trinajstić information content (AvgIpc) is 2.34. The fraction of sp³-hybridized carbons (Fsp3) is 0. The molecule has 0 fully saturated rings. The van der Waals surface area contributed by atoms with Crippen LogP contribution in [0, 0.1) is 5.82 Å². The third-order valence-electron chi connectivity index (χ3n) is 1.58. The van der Waals surface area contributed by atoms with Gasteiger partial charge in [-0.05, 0) is 12.1 Å². The highest BCUT2D eigenvalue weighted by atomic mass is 32.1. The van der Waals surface area contributed by atoms with E-state index in [1.54, 1.807) is 11.4 Å². The third-order valence-corrected chi connectivity index (χ3v) is 2.54. The van der Waals surface area contributed by atoms with Crippen molar-refractivity contribution in [2.45, 2.75) is 0 Å². The molecule has 1 aromatic carbocycles. The van der Waals surface area contributed by atoms with Crippen LogP contribution in [0.25, 0.3) is 10.1 Å². The highest BCUT2D eigenvalue weighted by Gasteiger charge is 2.04. The van der Waals surface area contributed by atoms with Crippen LogP contribution in [0.1, 0.15) is 0 Å². The molecule has 0 saturated heterocycles. The Hall–Kier alpha value is -1.09. The van der Waals surface area contributed by atoms with Crippen LogP contribution in [0.4, 0.5) is 10.1 Å². The van der Waals surface area contributed by atoms with Gasteiger partial charge < -0.3 is 5.73 Å². The van der Waals surface area contributed by atoms with E-state index in [-0.39, 0.29) is 5.82 Å². The van der Waals surface area contributed by atoms with Gasteiger partial charge in [-0.15, -0.1) is 11.3 Å². The summed E-state index contributed by atoms with van der Waals surface area (Å²) in [4.78, 5) is 0. The number of halogens is 1. The summed E-state index contributed by atoms with van der Waals surface area (Å²) in [5.74, 6) is -0.235. The summed E-state index contributed by atoms with van der Waals surface area (Å²) in [7, 11) is 0. The minimum absolute atomic E-state index is 0.235. The topological polar surface area (TPSA) is 26.0 Å². The number of rotatable bonds is 0. The van der Waals surface area contributed by atoms with E-state index in [0.717, 1.165) is 4.70 Å². The van der Waals surface area contributed by atoms with Gasteiger partial charge >= 0.3 is 0 Å². The summed E-state index contributed by atoms with van der Waals surface area (Å²) in [6.45, 7) is 0. The van der Waals surface area contributed by atoms with Crippen LogP contribution < -0.4 is 5.73 Å². The van der Waals surface area contributed by atoms with Crippen LogP contribution in [-0.4, -0.2) is 0 Å². The van der Waals surface area contributed by atoms with Gasteiger partial charge in [0.15, 0.2) is 0 Å². The molecular formula is C8H6FNS. The lowest BCUT2D eigenvalue weighted by molar-refractivity contribution is 0.640. The largest absolute Gasteiger partial charge is 0.397 e. The summed E-state index contributed by atoms with van der Waals surface area (Å²) < 4.78 is 13.9. The number of benzene rings is 1. The third kappa shape index (κ3) is 0.886. The van der Waals surface area contributed by atoms with Crippen molar-refractivity contribution in [3.63, 3.8) is 0 Å². The highest BCUT2D eigenvalue weighted by Crippen LogP contribution is 2.29. The predicted octanol–water partition coefficient (Wildman–Crippen LogP) is 2.62. The van der Waals surface area contributed by atoms with Gasteiger partial charge in [-0.2, -0.15) is 0 Å². The molecule has 0 atom stereocenters. The molecule has 1 heterocycles. The van der Waals surface area contributed by atoms with Crippen molar-refractivity contribution in [2.24, 2.45) is 0 Å². The Bertz CT molecular complexity index is 394. The molecule has 0 unspecified atom stereocenters. The van der Waals surface area contributed by atoms with Crippen LogP contribution in [-0.2, 0) is 0 Å². The van der Waals surface area contributed by atoms with Gasteiger partial charge in [0.25, 0.3) is 0 Å². The second-order valence-corrected chi connectivity index (χ2v) is 3.22. The molecule has 0 aliphatic carbocycles. The van der Waals surface area contributed by atoms with Gasteiger partial charge in [0.1, 0.15) is 5.82 Å². The summed E-state index contributed by atoms with van der Waals surface area (Å²) in [6.07, 6.45) is 0. The number of nitrogen functional groups attached to an aromatic ring is 1. The zero-order chi connectivity index (χ0) is 7.84. The number of nitrogens with two attached hydrogens (primary N) is 1. The molecule has 0 aliphatic heterocycles. The van der Waals surface area contributed by atoms with Crippen molar-refractivity contribution < 1.29 is 4.39 Å². The van der Waals surface area contributed by atoms with Gasteiger partial charge in [0.2, 0.25) is 0 Å². The standard InChI is InChI=1S/C8H6FNS/c9-5-2-1-3-7-8(5)6(10)4-11-7/h1-4H,10H2. The Morgan fingerprint density at radius 1 is 1.36 bits per heavy atom. The Morgan fingerprint density at radius 3 is 2.91 bits per heavy atom. The van der Waals surface area contributed by atoms with Crippen molar-refractivity contribution in [2.75, 3.05) is 5.73 Å². The van der Waals surface area contributed by atoms with Crippen LogP contribution in [0.5, 0.6) is 0 Å². The van der Waals surface area contributed by atoms with E-state index in [1.807, 2.05) is 6.07 Å². The van der Waals surface area contributed by atoms with E-state index in [2.05, 4.69) is 0 Å². The number of fused-ring (bicyclic) bond motifs is 1. The van der Waals surface area contributed by atoms with Crippen LogP contribution in [0.3, 0.4) is 0 Å². The summed E-state index contributed by atoms with van der Waals surface area (Å²) in [5, 5.41) is 2.31. The van der Waals surface area contributed by atoms with Crippen LogP contribution >= 0.6 is 11.3 Å². The molecule has 2 N–H and O–H groups in total. The monoisotopic (exact) mass is 167 g/mol. The molecular weight excluding hydrogens is 161 g/mol. The Balaban J connectivity index is 2.96. The Labute approximate surface area is 67.3 Å². The second-order valence-electron chi connectivity index (χ2n) is 2.30. The minimum Gasteiger partial charge on any atom is -0.397 e. The van der Waals surface area contributed by atoms with Gasteiger partial charge in [0, 0.05) is 10.1 Å². The molecule has 1 aromatic heterocycles. The van der Waals surface area contributed by atoms with Crippen molar-refractivity contribution >= 4 is 27.1 Å². The quantitative estimate of drug-likeness (QED) is 0.641. The number of thiophene rings is 1. The highest BCUT2D eigenvalue weighted by molar-refractivity contribution is 7.17. The molecule has 2 aromatic rings. The molecule has 1 nitrogen and oxygen atoms in total. The lowest BCUT2D eigenvalue weighted by atomic mass is 10.2. The van der Waals surface area contributed by atoms with E-state index in [0.29, 0.717) is 11.1 Å².